The van der Waals surface area contributed by atoms with Gasteiger partial charge in [0.25, 0.3) is 0 Å². The van der Waals surface area contributed by atoms with Crippen LogP contribution < -0.4 is 4.74 Å². The second kappa shape index (κ2) is 6.02. The highest BCUT2D eigenvalue weighted by molar-refractivity contribution is 5.71. The van der Waals surface area contributed by atoms with Gasteiger partial charge >= 0.3 is 5.97 Å². The number of carboxylic acids is 1. The van der Waals surface area contributed by atoms with Gasteiger partial charge in [0, 0.05) is 19.6 Å². The van der Waals surface area contributed by atoms with E-state index < -0.39 is 5.97 Å². The molecule has 1 N–H and O–H groups in total. The molecule has 1 aliphatic heterocycles. The van der Waals surface area contributed by atoms with Gasteiger partial charge in [-0.1, -0.05) is 19.1 Å². The van der Waals surface area contributed by atoms with Gasteiger partial charge < -0.3 is 9.84 Å². The summed E-state index contributed by atoms with van der Waals surface area (Å²) in [4.78, 5) is 13.0. The van der Waals surface area contributed by atoms with Crippen LogP contribution in [0.5, 0.6) is 5.75 Å². The Morgan fingerprint density at radius 1 is 1.47 bits per heavy atom. The predicted molar refractivity (Wildman–Crippen MR) is 68.6 cm³/mol. The summed E-state index contributed by atoms with van der Waals surface area (Å²) in [7, 11) is 0. The minimum absolute atomic E-state index is 0.144. The van der Waals surface area contributed by atoms with Crippen LogP contribution in [0.3, 0.4) is 0 Å². The van der Waals surface area contributed by atoms with Crippen LogP contribution in [0.4, 0.5) is 4.39 Å². The maximum absolute atomic E-state index is 13.3. The van der Waals surface area contributed by atoms with E-state index in [9.17, 15) is 9.18 Å². The van der Waals surface area contributed by atoms with Crippen molar-refractivity contribution < 1.29 is 19.0 Å². The number of halogens is 1. The third kappa shape index (κ3) is 3.44. The molecule has 0 amide bonds. The standard InChI is InChI=1S/C14H18FNO3/c1-10-8-16(9-11(10)14(17)18)6-7-19-13-5-3-2-4-12(13)15/h2-5,10-11H,6-9H2,1H3,(H,17,18). The molecule has 2 unspecified atom stereocenters. The van der Waals surface area contributed by atoms with Crippen LogP contribution in [-0.4, -0.2) is 42.2 Å². The summed E-state index contributed by atoms with van der Waals surface area (Å²) in [6.45, 7) is 4.20. The number of likely N-dealkylation sites (tertiary alicyclic amines) is 1. The second-order valence-electron chi connectivity index (χ2n) is 4.96. The summed E-state index contributed by atoms with van der Waals surface area (Å²) in [5.41, 5.74) is 0. The number of rotatable bonds is 5. The van der Waals surface area contributed by atoms with Gasteiger partial charge in [-0.15, -0.1) is 0 Å². The monoisotopic (exact) mass is 267 g/mol. The molecule has 0 radical (unpaired) electrons. The van der Waals surface area contributed by atoms with Crippen molar-refractivity contribution in [2.45, 2.75) is 6.92 Å². The van der Waals surface area contributed by atoms with Gasteiger partial charge in [-0.3, -0.25) is 9.69 Å². The van der Waals surface area contributed by atoms with Crippen molar-refractivity contribution in [1.29, 1.82) is 0 Å². The highest BCUT2D eigenvalue weighted by atomic mass is 19.1. The van der Waals surface area contributed by atoms with Crippen LogP contribution in [0.15, 0.2) is 24.3 Å². The van der Waals surface area contributed by atoms with E-state index in [1.54, 1.807) is 18.2 Å². The molecule has 5 heteroatoms. The lowest BCUT2D eigenvalue weighted by atomic mass is 9.99. The Balaban J connectivity index is 1.78. The number of carbonyl (C=O) groups is 1. The number of aliphatic carboxylic acids is 1. The van der Waals surface area contributed by atoms with Gasteiger partial charge in [0.05, 0.1) is 5.92 Å². The molecule has 1 aromatic carbocycles. The van der Waals surface area contributed by atoms with E-state index in [4.69, 9.17) is 9.84 Å². The molecule has 0 bridgehead atoms. The summed E-state index contributed by atoms with van der Waals surface area (Å²) in [5.74, 6) is -1.05. The fourth-order valence-electron chi connectivity index (χ4n) is 2.42. The lowest BCUT2D eigenvalue weighted by Crippen LogP contribution is -2.27. The van der Waals surface area contributed by atoms with E-state index >= 15 is 0 Å². The lowest BCUT2D eigenvalue weighted by molar-refractivity contribution is -0.142. The van der Waals surface area contributed by atoms with Crippen LogP contribution in [0.2, 0.25) is 0 Å². The number of benzene rings is 1. The third-order valence-corrected chi connectivity index (χ3v) is 3.51. The number of ether oxygens (including phenoxy) is 1. The van der Waals surface area contributed by atoms with Gasteiger partial charge in [-0.05, 0) is 18.1 Å². The normalized spacial score (nSPS) is 23.5. The van der Waals surface area contributed by atoms with Crippen LogP contribution in [0, 0.1) is 17.7 Å². The average molecular weight is 267 g/mol. The molecule has 19 heavy (non-hydrogen) atoms. The topological polar surface area (TPSA) is 49.8 Å². The first kappa shape index (κ1) is 13.8. The largest absolute Gasteiger partial charge is 0.489 e. The van der Waals surface area contributed by atoms with Crippen molar-refractivity contribution in [1.82, 2.24) is 4.90 Å². The van der Waals surface area contributed by atoms with Crippen LogP contribution in [-0.2, 0) is 4.79 Å². The average Bonchev–Trinajstić information content (AvgIpc) is 2.73. The fourth-order valence-corrected chi connectivity index (χ4v) is 2.42. The zero-order valence-corrected chi connectivity index (χ0v) is 10.9. The molecular weight excluding hydrogens is 249 g/mol. The van der Waals surface area contributed by atoms with Crippen LogP contribution in [0.25, 0.3) is 0 Å². The number of carboxylic acid groups (broad SMARTS) is 1. The predicted octanol–water partition coefficient (Wildman–Crippen LogP) is 1.86. The van der Waals surface area contributed by atoms with E-state index in [2.05, 4.69) is 0 Å². The SMILES string of the molecule is CC1CN(CCOc2ccccc2F)CC1C(=O)O. The molecule has 1 fully saturated rings. The Morgan fingerprint density at radius 3 is 2.84 bits per heavy atom. The summed E-state index contributed by atoms with van der Waals surface area (Å²) in [5, 5.41) is 9.03. The zero-order chi connectivity index (χ0) is 13.8. The second-order valence-corrected chi connectivity index (χ2v) is 4.96. The summed E-state index contributed by atoms with van der Waals surface area (Å²) in [6.07, 6.45) is 0. The molecule has 2 atom stereocenters. The minimum atomic E-state index is -0.745. The zero-order valence-electron chi connectivity index (χ0n) is 10.9. The summed E-state index contributed by atoms with van der Waals surface area (Å²) < 4.78 is 18.7. The molecule has 1 aliphatic rings. The van der Waals surface area contributed by atoms with Crippen molar-refractivity contribution in [3.8, 4) is 5.75 Å². The number of hydrogen-bond acceptors (Lipinski definition) is 3. The third-order valence-electron chi connectivity index (χ3n) is 3.51. The van der Waals surface area contributed by atoms with Crippen LogP contribution in [0.1, 0.15) is 6.92 Å². The van der Waals surface area contributed by atoms with E-state index in [0.717, 1.165) is 6.54 Å². The van der Waals surface area contributed by atoms with E-state index in [0.29, 0.717) is 19.7 Å². The number of para-hydroxylation sites is 1. The first-order valence-corrected chi connectivity index (χ1v) is 6.40. The smallest absolute Gasteiger partial charge is 0.308 e. The molecule has 1 saturated heterocycles. The summed E-state index contributed by atoms with van der Waals surface area (Å²) >= 11 is 0. The van der Waals surface area contributed by atoms with Crippen LogP contribution >= 0.6 is 0 Å². The van der Waals surface area contributed by atoms with E-state index in [1.165, 1.54) is 6.07 Å². The van der Waals surface area contributed by atoms with Crippen molar-refractivity contribution in [2.75, 3.05) is 26.2 Å². The molecular formula is C14H18FNO3. The van der Waals surface area contributed by atoms with Gasteiger partial charge in [0.15, 0.2) is 11.6 Å². The van der Waals surface area contributed by atoms with Gasteiger partial charge in [-0.25, -0.2) is 4.39 Å². The highest BCUT2D eigenvalue weighted by Crippen LogP contribution is 2.23. The number of hydrogen-bond donors (Lipinski definition) is 1. The lowest BCUT2D eigenvalue weighted by Gasteiger charge is -2.15. The van der Waals surface area contributed by atoms with Gasteiger partial charge in [0.1, 0.15) is 6.61 Å². The molecule has 1 heterocycles. The van der Waals surface area contributed by atoms with Crippen molar-refractivity contribution in [3.63, 3.8) is 0 Å². The van der Waals surface area contributed by atoms with Crippen molar-refractivity contribution >= 4 is 5.97 Å². The van der Waals surface area contributed by atoms with Crippen molar-refractivity contribution in [2.24, 2.45) is 11.8 Å². The Hall–Kier alpha value is -1.62. The van der Waals surface area contributed by atoms with Crippen molar-refractivity contribution in [3.05, 3.63) is 30.1 Å². The molecule has 0 saturated carbocycles. The number of nitrogens with zero attached hydrogens (tertiary/aromatic N) is 1. The Bertz CT molecular complexity index is 452. The Labute approximate surface area is 111 Å². The maximum Gasteiger partial charge on any atom is 0.308 e. The first-order chi connectivity index (χ1) is 9.08. The first-order valence-electron chi connectivity index (χ1n) is 6.40. The van der Waals surface area contributed by atoms with Gasteiger partial charge in [0.2, 0.25) is 0 Å². The minimum Gasteiger partial charge on any atom is -0.489 e. The highest BCUT2D eigenvalue weighted by Gasteiger charge is 2.34. The van der Waals surface area contributed by atoms with E-state index in [1.807, 2.05) is 11.8 Å². The molecule has 2 rings (SSSR count). The molecule has 4 nitrogen and oxygen atoms in total. The van der Waals surface area contributed by atoms with E-state index in [-0.39, 0.29) is 23.4 Å². The molecule has 0 spiro atoms. The summed E-state index contributed by atoms with van der Waals surface area (Å²) in [6, 6.07) is 6.27. The van der Waals surface area contributed by atoms with Gasteiger partial charge in [-0.2, -0.15) is 0 Å². The molecule has 0 aromatic heterocycles. The molecule has 0 aliphatic carbocycles. The Kier molecular flexibility index (Phi) is 4.37. The quantitative estimate of drug-likeness (QED) is 0.884. The maximum atomic E-state index is 13.3. The fraction of sp³-hybridized carbons (Fsp3) is 0.500. The Morgan fingerprint density at radius 2 is 2.21 bits per heavy atom. The molecule has 104 valence electrons. The molecule has 1 aromatic rings.